The maximum absolute atomic E-state index is 12.0. The van der Waals surface area contributed by atoms with Gasteiger partial charge in [-0.3, -0.25) is 0 Å². The molecule has 20 heavy (non-hydrogen) atoms. The Hall–Kier alpha value is -1.89. The highest BCUT2D eigenvalue weighted by atomic mass is 19.3. The minimum Gasteiger partial charge on any atom is -0.435 e. The highest BCUT2D eigenvalue weighted by molar-refractivity contribution is 5.89. The molecule has 5 nitrogen and oxygen atoms in total. The minimum atomic E-state index is -2.86. The predicted molar refractivity (Wildman–Crippen MR) is 71.2 cm³/mol. The summed E-state index contributed by atoms with van der Waals surface area (Å²) in [6.07, 6.45) is 0.699. The summed E-state index contributed by atoms with van der Waals surface area (Å²) in [6.45, 7) is -0.446. The third kappa shape index (κ3) is 6.33. The van der Waals surface area contributed by atoms with Crippen LogP contribution in [0.3, 0.4) is 0 Å². The van der Waals surface area contributed by atoms with Gasteiger partial charge in [0, 0.05) is 25.4 Å². The third-order valence-corrected chi connectivity index (χ3v) is 2.47. The number of hydrogen-bond donors (Lipinski definition) is 2. The first-order chi connectivity index (χ1) is 9.51. The zero-order valence-corrected chi connectivity index (χ0v) is 11.4. The van der Waals surface area contributed by atoms with Crippen LogP contribution in [0.25, 0.3) is 0 Å². The molecule has 0 saturated heterocycles. The average molecular weight is 288 g/mol. The van der Waals surface area contributed by atoms with Crippen LogP contribution in [0, 0.1) is 0 Å². The molecule has 1 rings (SSSR count). The van der Waals surface area contributed by atoms with Crippen LogP contribution in [0.15, 0.2) is 24.3 Å². The van der Waals surface area contributed by atoms with Crippen LogP contribution < -0.4 is 15.4 Å². The van der Waals surface area contributed by atoms with E-state index in [0.717, 1.165) is 0 Å². The predicted octanol–water partition coefficient (Wildman–Crippen LogP) is 2.83. The summed E-state index contributed by atoms with van der Waals surface area (Å²) >= 11 is 0. The molecule has 0 unspecified atom stereocenters. The summed E-state index contributed by atoms with van der Waals surface area (Å²) in [6, 6.07) is 5.29. The monoisotopic (exact) mass is 288 g/mol. The number of halogens is 2. The highest BCUT2D eigenvalue weighted by Gasteiger charge is 2.08. The van der Waals surface area contributed by atoms with Crippen molar-refractivity contribution in [2.45, 2.75) is 26.0 Å². The molecule has 0 radical (unpaired) electrons. The molecule has 1 aromatic rings. The number of carbonyl (C=O) groups excluding carboxylic acids is 1. The van der Waals surface area contributed by atoms with Crippen molar-refractivity contribution in [2.24, 2.45) is 0 Å². The second-order valence-electron chi connectivity index (χ2n) is 4.18. The molecule has 0 aliphatic rings. The Morgan fingerprint density at radius 2 is 1.95 bits per heavy atom. The lowest BCUT2D eigenvalue weighted by molar-refractivity contribution is -0.0498. The molecule has 7 heteroatoms. The molecule has 0 spiro atoms. The molecule has 0 aromatic heterocycles. The van der Waals surface area contributed by atoms with Crippen molar-refractivity contribution >= 4 is 11.7 Å². The van der Waals surface area contributed by atoms with Crippen molar-refractivity contribution in [3.05, 3.63) is 24.3 Å². The summed E-state index contributed by atoms with van der Waals surface area (Å²) in [5, 5.41) is 5.32. The number of rotatable bonds is 7. The molecular formula is C13H18F2N2O3. The van der Waals surface area contributed by atoms with E-state index in [1.54, 1.807) is 7.11 Å². The Morgan fingerprint density at radius 1 is 1.30 bits per heavy atom. The van der Waals surface area contributed by atoms with E-state index in [4.69, 9.17) is 4.74 Å². The number of anilines is 1. The van der Waals surface area contributed by atoms with Gasteiger partial charge in [0.05, 0.1) is 0 Å². The van der Waals surface area contributed by atoms with Crippen molar-refractivity contribution in [2.75, 3.05) is 19.0 Å². The van der Waals surface area contributed by atoms with Crippen molar-refractivity contribution < 1.29 is 23.0 Å². The van der Waals surface area contributed by atoms with Crippen molar-refractivity contribution in [3.8, 4) is 5.75 Å². The van der Waals surface area contributed by atoms with Gasteiger partial charge in [-0.15, -0.1) is 0 Å². The van der Waals surface area contributed by atoms with Crippen LogP contribution in [0.2, 0.25) is 0 Å². The number of alkyl halides is 2. The maximum atomic E-state index is 12.0. The number of amides is 2. The highest BCUT2D eigenvalue weighted by Crippen LogP contribution is 2.17. The zero-order chi connectivity index (χ0) is 15.0. The minimum absolute atomic E-state index is 0.0311. The van der Waals surface area contributed by atoms with E-state index in [1.165, 1.54) is 24.3 Å². The van der Waals surface area contributed by atoms with Gasteiger partial charge in [0.2, 0.25) is 0 Å². The standard InChI is InChI=1S/C13H18F2N2O3/c1-9(7-8-19-2)16-13(18)17-10-3-5-11(6-4-10)20-12(14)15/h3-6,9,12H,7-8H2,1-2H3,(H2,16,17,18)/t9-/m1/s1. The lowest BCUT2D eigenvalue weighted by atomic mass is 10.2. The molecule has 0 heterocycles. The van der Waals surface area contributed by atoms with E-state index in [-0.39, 0.29) is 17.8 Å². The molecule has 0 bridgehead atoms. The quantitative estimate of drug-likeness (QED) is 0.811. The Labute approximate surface area is 116 Å². The van der Waals surface area contributed by atoms with Gasteiger partial charge in [0.1, 0.15) is 5.75 Å². The Balaban J connectivity index is 2.41. The SMILES string of the molecule is COCC[C@@H](C)NC(=O)Nc1ccc(OC(F)F)cc1. The van der Waals surface area contributed by atoms with E-state index >= 15 is 0 Å². The second-order valence-corrected chi connectivity index (χ2v) is 4.18. The van der Waals surface area contributed by atoms with Gasteiger partial charge in [0.25, 0.3) is 0 Å². The van der Waals surface area contributed by atoms with E-state index in [2.05, 4.69) is 15.4 Å². The normalized spacial score (nSPS) is 12.1. The van der Waals surface area contributed by atoms with E-state index in [1.807, 2.05) is 6.92 Å². The number of nitrogens with one attached hydrogen (secondary N) is 2. The summed E-state index contributed by atoms with van der Waals surface area (Å²) in [5.74, 6) is 0.0411. The molecular weight excluding hydrogens is 270 g/mol. The maximum Gasteiger partial charge on any atom is 0.387 e. The second kappa shape index (κ2) is 8.31. The molecule has 0 aliphatic carbocycles. The van der Waals surface area contributed by atoms with Crippen LogP contribution in [0.5, 0.6) is 5.75 Å². The van der Waals surface area contributed by atoms with Crippen LogP contribution >= 0.6 is 0 Å². The first-order valence-corrected chi connectivity index (χ1v) is 6.12. The lowest BCUT2D eigenvalue weighted by Gasteiger charge is -2.14. The largest absolute Gasteiger partial charge is 0.435 e. The Kier molecular flexibility index (Phi) is 6.72. The third-order valence-electron chi connectivity index (χ3n) is 2.47. The molecule has 1 aromatic carbocycles. The zero-order valence-electron chi connectivity index (χ0n) is 11.4. The number of hydrogen-bond acceptors (Lipinski definition) is 3. The smallest absolute Gasteiger partial charge is 0.387 e. The lowest BCUT2D eigenvalue weighted by Crippen LogP contribution is -2.36. The van der Waals surface area contributed by atoms with Crippen LogP contribution in [0.4, 0.5) is 19.3 Å². The summed E-state index contributed by atoms with van der Waals surface area (Å²) in [5.41, 5.74) is 0.489. The van der Waals surface area contributed by atoms with Gasteiger partial charge in [-0.25, -0.2) is 4.79 Å². The van der Waals surface area contributed by atoms with E-state index in [0.29, 0.717) is 18.7 Å². The van der Waals surface area contributed by atoms with Gasteiger partial charge >= 0.3 is 12.6 Å². The van der Waals surface area contributed by atoms with Crippen LogP contribution in [0.1, 0.15) is 13.3 Å². The molecule has 1 atom stereocenters. The molecule has 0 saturated carbocycles. The fraction of sp³-hybridized carbons (Fsp3) is 0.462. The number of ether oxygens (including phenoxy) is 2. The average Bonchev–Trinajstić information content (AvgIpc) is 2.38. The van der Waals surface area contributed by atoms with Crippen molar-refractivity contribution in [1.29, 1.82) is 0 Å². The number of carbonyl (C=O) groups is 1. The van der Waals surface area contributed by atoms with Gasteiger partial charge in [-0.05, 0) is 37.6 Å². The van der Waals surface area contributed by atoms with Crippen LogP contribution in [-0.2, 0) is 4.74 Å². The molecule has 0 fully saturated rings. The Bertz CT molecular complexity index is 413. The number of benzene rings is 1. The first-order valence-electron chi connectivity index (χ1n) is 6.12. The van der Waals surface area contributed by atoms with Gasteiger partial charge < -0.3 is 20.1 Å². The number of urea groups is 1. The topological polar surface area (TPSA) is 59.6 Å². The fourth-order valence-corrected chi connectivity index (χ4v) is 1.48. The summed E-state index contributed by atoms with van der Waals surface area (Å²) in [7, 11) is 1.59. The first kappa shape index (κ1) is 16.2. The van der Waals surface area contributed by atoms with E-state index < -0.39 is 6.61 Å². The molecule has 2 amide bonds. The van der Waals surface area contributed by atoms with Gasteiger partial charge in [-0.1, -0.05) is 0 Å². The van der Waals surface area contributed by atoms with Crippen molar-refractivity contribution in [1.82, 2.24) is 5.32 Å². The molecule has 0 aliphatic heterocycles. The van der Waals surface area contributed by atoms with Gasteiger partial charge in [0.15, 0.2) is 0 Å². The summed E-state index contributed by atoms with van der Waals surface area (Å²) < 4.78 is 33.0. The fourth-order valence-electron chi connectivity index (χ4n) is 1.48. The number of methoxy groups -OCH3 is 1. The van der Waals surface area contributed by atoms with Crippen molar-refractivity contribution in [3.63, 3.8) is 0 Å². The molecule has 2 N–H and O–H groups in total. The molecule has 112 valence electrons. The van der Waals surface area contributed by atoms with Crippen LogP contribution in [-0.4, -0.2) is 32.4 Å². The Morgan fingerprint density at radius 3 is 2.50 bits per heavy atom. The van der Waals surface area contributed by atoms with Gasteiger partial charge in [-0.2, -0.15) is 8.78 Å². The summed E-state index contributed by atoms with van der Waals surface area (Å²) in [4.78, 5) is 11.6. The van der Waals surface area contributed by atoms with E-state index in [9.17, 15) is 13.6 Å².